The molecule has 0 saturated heterocycles. The minimum absolute atomic E-state index is 0.0461. The van der Waals surface area contributed by atoms with Crippen LogP contribution in [0.1, 0.15) is 53.3 Å². The Morgan fingerprint density at radius 3 is 2.42 bits per heavy atom. The molecule has 0 saturated carbocycles. The molecule has 19 heavy (non-hydrogen) atoms. The van der Waals surface area contributed by atoms with Crippen LogP contribution < -0.4 is 5.32 Å². The van der Waals surface area contributed by atoms with E-state index in [1.54, 1.807) is 0 Å². The molecule has 0 amide bonds. The van der Waals surface area contributed by atoms with E-state index in [4.69, 9.17) is 0 Å². The van der Waals surface area contributed by atoms with Crippen LogP contribution >= 0.6 is 0 Å². The van der Waals surface area contributed by atoms with E-state index in [2.05, 4.69) is 5.32 Å². The SMILES string of the molecule is CCCCNc1cc(O)c2c(c1O)C(=O)CCC2=O. The molecule has 5 heteroatoms. The molecule has 1 aliphatic rings. The van der Waals surface area contributed by atoms with Gasteiger partial charge in [-0.2, -0.15) is 0 Å². The Balaban J connectivity index is 2.44. The van der Waals surface area contributed by atoms with E-state index in [0.717, 1.165) is 12.8 Å². The Bertz CT molecular complexity index is 537. The summed E-state index contributed by atoms with van der Waals surface area (Å²) in [7, 11) is 0. The standard InChI is InChI=1S/C14H17NO4/c1-2-3-6-15-8-7-11(18)12-9(16)4-5-10(17)13(12)14(8)19/h7,15,18-19H,2-6H2,1H3. The van der Waals surface area contributed by atoms with Gasteiger partial charge in [0.05, 0.1) is 16.8 Å². The minimum atomic E-state index is -0.304. The normalized spacial score (nSPS) is 14.4. The summed E-state index contributed by atoms with van der Waals surface area (Å²) in [6, 6.07) is 1.31. The Kier molecular flexibility index (Phi) is 3.74. The number of ketones is 2. The molecule has 102 valence electrons. The molecule has 5 nitrogen and oxygen atoms in total. The number of phenolic OH excluding ortho intramolecular Hbond substituents is 2. The van der Waals surface area contributed by atoms with Crippen LogP contribution in [0.5, 0.6) is 11.5 Å². The summed E-state index contributed by atoms with van der Waals surface area (Å²) < 4.78 is 0. The molecular weight excluding hydrogens is 246 g/mol. The van der Waals surface area contributed by atoms with E-state index in [1.807, 2.05) is 6.92 Å². The molecule has 0 fully saturated rings. The fourth-order valence-electron chi connectivity index (χ4n) is 2.22. The topological polar surface area (TPSA) is 86.6 Å². The van der Waals surface area contributed by atoms with Crippen molar-refractivity contribution < 1.29 is 19.8 Å². The number of hydrogen-bond acceptors (Lipinski definition) is 5. The molecule has 0 bridgehead atoms. The molecule has 0 aromatic heterocycles. The maximum absolute atomic E-state index is 11.8. The van der Waals surface area contributed by atoms with E-state index < -0.39 is 0 Å². The van der Waals surface area contributed by atoms with Gasteiger partial charge in [0.15, 0.2) is 11.6 Å². The number of rotatable bonds is 4. The van der Waals surface area contributed by atoms with Gasteiger partial charge in [-0.15, -0.1) is 0 Å². The van der Waals surface area contributed by atoms with E-state index in [9.17, 15) is 19.8 Å². The number of nitrogens with one attached hydrogen (secondary N) is 1. The molecule has 1 aromatic carbocycles. The number of phenols is 2. The Labute approximate surface area is 111 Å². The maximum Gasteiger partial charge on any atom is 0.168 e. The van der Waals surface area contributed by atoms with E-state index >= 15 is 0 Å². The monoisotopic (exact) mass is 263 g/mol. The second kappa shape index (κ2) is 5.30. The quantitative estimate of drug-likeness (QED) is 0.441. The first-order valence-corrected chi connectivity index (χ1v) is 6.45. The Hall–Kier alpha value is -2.04. The minimum Gasteiger partial charge on any atom is -0.507 e. The highest BCUT2D eigenvalue weighted by atomic mass is 16.3. The van der Waals surface area contributed by atoms with Crippen molar-refractivity contribution in [1.82, 2.24) is 0 Å². The zero-order valence-electron chi connectivity index (χ0n) is 10.8. The zero-order chi connectivity index (χ0) is 14.0. The third-order valence-electron chi connectivity index (χ3n) is 3.26. The van der Waals surface area contributed by atoms with Crippen LogP contribution in [0.2, 0.25) is 0 Å². The average molecular weight is 263 g/mol. The summed E-state index contributed by atoms with van der Waals surface area (Å²) in [5.74, 6) is -1.09. The summed E-state index contributed by atoms with van der Waals surface area (Å²) in [6.07, 6.45) is 2.06. The van der Waals surface area contributed by atoms with Crippen LogP contribution in [0, 0.1) is 0 Å². The molecule has 0 heterocycles. The number of carbonyl (C=O) groups excluding carboxylic acids is 2. The van der Waals surface area contributed by atoms with Crippen LogP contribution in [0.4, 0.5) is 5.69 Å². The van der Waals surface area contributed by atoms with Crippen molar-refractivity contribution >= 4 is 17.3 Å². The number of fused-ring (bicyclic) bond motifs is 1. The van der Waals surface area contributed by atoms with Crippen LogP contribution in [0.25, 0.3) is 0 Å². The number of anilines is 1. The van der Waals surface area contributed by atoms with Crippen LogP contribution in [-0.4, -0.2) is 28.3 Å². The summed E-state index contributed by atoms with van der Waals surface area (Å²) in [4.78, 5) is 23.6. The van der Waals surface area contributed by atoms with Crippen molar-refractivity contribution in [2.45, 2.75) is 32.6 Å². The lowest BCUT2D eigenvalue weighted by Crippen LogP contribution is -2.18. The van der Waals surface area contributed by atoms with Crippen LogP contribution in [0.15, 0.2) is 6.07 Å². The van der Waals surface area contributed by atoms with Gasteiger partial charge in [-0.1, -0.05) is 13.3 Å². The van der Waals surface area contributed by atoms with Gasteiger partial charge in [0.25, 0.3) is 0 Å². The van der Waals surface area contributed by atoms with E-state index in [-0.39, 0.29) is 47.0 Å². The van der Waals surface area contributed by atoms with Crippen molar-refractivity contribution in [2.24, 2.45) is 0 Å². The van der Waals surface area contributed by atoms with Gasteiger partial charge < -0.3 is 15.5 Å². The fourth-order valence-corrected chi connectivity index (χ4v) is 2.22. The third-order valence-corrected chi connectivity index (χ3v) is 3.26. The predicted octanol–water partition coefficient (Wildman–Crippen LogP) is 2.47. The number of carbonyl (C=O) groups is 2. The molecule has 0 aliphatic heterocycles. The summed E-state index contributed by atoms with van der Waals surface area (Å²) in [5.41, 5.74) is 0.206. The largest absolute Gasteiger partial charge is 0.507 e. The molecule has 3 N–H and O–H groups in total. The van der Waals surface area contributed by atoms with Gasteiger partial charge in [0.2, 0.25) is 0 Å². The molecular formula is C14H17NO4. The summed E-state index contributed by atoms with van der Waals surface area (Å²) in [5, 5.41) is 22.9. The average Bonchev–Trinajstić information content (AvgIpc) is 2.38. The van der Waals surface area contributed by atoms with Crippen molar-refractivity contribution in [1.29, 1.82) is 0 Å². The van der Waals surface area contributed by atoms with Crippen molar-refractivity contribution in [2.75, 3.05) is 11.9 Å². The van der Waals surface area contributed by atoms with Gasteiger partial charge in [-0.3, -0.25) is 9.59 Å². The first-order valence-electron chi connectivity index (χ1n) is 6.45. The lowest BCUT2D eigenvalue weighted by Gasteiger charge is -2.19. The lowest BCUT2D eigenvalue weighted by molar-refractivity contribution is 0.0885. The fraction of sp³-hybridized carbons (Fsp3) is 0.429. The Morgan fingerprint density at radius 2 is 1.79 bits per heavy atom. The number of Topliss-reactive ketones (excluding diaryl/α,β-unsaturated/α-hetero) is 2. The molecule has 0 atom stereocenters. The summed E-state index contributed by atoms with van der Waals surface area (Å²) in [6.45, 7) is 2.67. The number of aromatic hydroxyl groups is 2. The smallest absolute Gasteiger partial charge is 0.168 e. The van der Waals surface area contributed by atoms with Crippen molar-refractivity contribution in [3.05, 3.63) is 17.2 Å². The highest BCUT2D eigenvalue weighted by molar-refractivity contribution is 6.17. The van der Waals surface area contributed by atoms with E-state index in [1.165, 1.54) is 6.07 Å². The van der Waals surface area contributed by atoms with Crippen molar-refractivity contribution in [3.63, 3.8) is 0 Å². The van der Waals surface area contributed by atoms with Gasteiger partial charge >= 0.3 is 0 Å². The van der Waals surface area contributed by atoms with E-state index in [0.29, 0.717) is 12.2 Å². The predicted molar refractivity (Wildman–Crippen MR) is 71.1 cm³/mol. The van der Waals surface area contributed by atoms with Gasteiger partial charge in [-0.25, -0.2) is 0 Å². The first kappa shape index (κ1) is 13.4. The Morgan fingerprint density at radius 1 is 1.16 bits per heavy atom. The second-order valence-corrected chi connectivity index (χ2v) is 4.67. The third kappa shape index (κ3) is 2.41. The molecule has 2 rings (SSSR count). The number of benzene rings is 1. The van der Waals surface area contributed by atoms with Crippen molar-refractivity contribution in [3.8, 4) is 11.5 Å². The van der Waals surface area contributed by atoms with Crippen LogP contribution in [-0.2, 0) is 0 Å². The molecule has 1 aromatic rings. The van der Waals surface area contributed by atoms with Gasteiger partial charge in [-0.05, 0) is 6.42 Å². The second-order valence-electron chi connectivity index (χ2n) is 4.67. The summed E-state index contributed by atoms with van der Waals surface area (Å²) >= 11 is 0. The van der Waals surface area contributed by atoms with Crippen LogP contribution in [0.3, 0.4) is 0 Å². The molecule has 0 unspecified atom stereocenters. The highest BCUT2D eigenvalue weighted by Crippen LogP contribution is 2.40. The molecule has 0 radical (unpaired) electrons. The molecule has 0 spiro atoms. The molecule has 1 aliphatic carbocycles. The number of unbranched alkanes of at least 4 members (excludes halogenated alkanes) is 1. The van der Waals surface area contributed by atoms with Gasteiger partial charge in [0, 0.05) is 25.5 Å². The highest BCUT2D eigenvalue weighted by Gasteiger charge is 2.31. The maximum atomic E-state index is 11.8. The number of hydrogen-bond donors (Lipinski definition) is 3. The van der Waals surface area contributed by atoms with Gasteiger partial charge in [0.1, 0.15) is 11.5 Å². The lowest BCUT2D eigenvalue weighted by atomic mass is 9.87. The zero-order valence-corrected chi connectivity index (χ0v) is 10.8. The first-order chi connectivity index (χ1) is 9.06.